The molecule has 0 saturated carbocycles. The van der Waals surface area contributed by atoms with Gasteiger partial charge in [-0.3, -0.25) is 4.99 Å². The minimum absolute atomic E-state index is 0. The molecule has 1 rings (SSSR count). The van der Waals surface area contributed by atoms with Crippen molar-refractivity contribution < 1.29 is 85.1 Å². The van der Waals surface area contributed by atoms with E-state index in [9.17, 15) is 25.9 Å². The summed E-state index contributed by atoms with van der Waals surface area (Å²) in [7, 11) is -6.68. The third kappa shape index (κ3) is 13.3. The SMILES string of the molecule is CN1C=C(C(CCCS(=O)(=O)[O-])CCCS(=O)(=O)[O-])N=CC1.[Na+].[Na+]. The van der Waals surface area contributed by atoms with Crippen LogP contribution >= 0.6 is 0 Å². The summed E-state index contributed by atoms with van der Waals surface area (Å²) in [4.78, 5) is 6.14. The van der Waals surface area contributed by atoms with Crippen LogP contribution < -0.4 is 59.1 Å². The summed E-state index contributed by atoms with van der Waals surface area (Å²) >= 11 is 0. The second-order valence-corrected chi connectivity index (χ2v) is 8.36. The average molecular weight is 398 g/mol. The van der Waals surface area contributed by atoms with Gasteiger partial charge in [-0.2, -0.15) is 0 Å². The van der Waals surface area contributed by atoms with Crippen molar-refractivity contribution in [2.75, 3.05) is 25.1 Å². The maximum atomic E-state index is 10.7. The van der Waals surface area contributed by atoms with Crippen LogP contribution in [-0.4, -0.2) is 62.2 Å². The van der Waals surface area contributed by atoms with Crippen molar-refractivity contribution in [3.63, 3.8) is 0 Å². The second-order valence-electron chi connectivity index (χ2n) is 5.31. The Bertz CT molecular complexity index is 596. The van der Waals surface area contributed by atoms with Gasteiger partial charge in [0.05, 0.1) is 32.5 Å². The van der Waals surface area contributed by atoms with Gasteiger partial charge < -0.3 is 14.0 Å². The van der Waals surface area contributed by atoms with E-state index in [-0.39, 0.29) is 77.9 Å². The molecule has 1 aliphatic rings. The van der Waals surface area contributed by atoms with Crippen molar-refractivity contribution in [2.45, 2.75) is 25.7 Å². The molecule has 0 fully saturated rings. The van der Waals surface area contributed by atoms with Crippen molar-refractivity contribution in [1.29, 1.82) is 0 Å². The number of aliphatic imine (C=N–C) groups is 1. The van der Waals surface area contributed by atoms with E-state index in [4.69, 9.17) is 0 Å². The Hall–Kier alpha value is 1.03. The molecule has 0 amide bonds. The fourth-order valence-electron chi connectivity index (χ4n) is 2.25. The zero-order chi connectivity index (χ0) is 16.8. The van der Waals surface area contributed by atoms with Gasteiger partial charge in [0.25, 0.3) is 0 Å². The Morgan fingerprint density at radius 2 is 1.54 bits per heavy atom. The molecule has 0 spiro atoms. The first-order chi connectivity index (χ1) is 10.1. The molecule has 12 heteroatoms. The van der Waals surface area contributed by atoms with Crippen LogP contribution in [0.25, 0.3) is 0 Å². The largest absolute Gasteiger partial charge is 1.00 e. The minimum Gasteiger partial charge on any atom is -0.748 e. The number of rotatable bonds is 9. The van der Waals surface area contributed by atoms with Gasteiger partial charge in [-0.15, -0.1) is 0 Å². The molecule has 0 aromatic heterocycles. The van der Waals surface area contributed by atoms with Crippen molar-refractivity contribution in [3.05, 3.63) is 11.9 Å². The topological polar surface area (TPSA) is 130 Å². The molecule has 0 aromatic carbocycles. The van der Waals surface area contributed by atoms with Crippen molar-refractivity contribution >= 4 is 26.5 Å². The van der Waals surface area contributed by atoms with E-state index in [2.05, 4.69) is 4.99 Å². The predicted molar refractivity (Wildman–Crippen MR) is 80.3 cm³/mol. The van der Waals surface area contributed by atoms with Gasteiger partial charge in [0.15, 0.2) is 0 Å². The molecule has 0 aromatic rings. The maximum absolute atomic E-state index is 10.7. The standard InChI is InChI=1S/C12H22N2O6S2.2Na/c1-14-7-6-13-12(10-14)11(4-2-8-21(15,16)17)5-3-9-22(18,19)20;;/h6,10-11H,2-5,7-9H2,1H3,(H,15,16,17)(H,18,19,20);;/q;2*+1/p-2. The molecule has 0 atom stereocenters. The number of hydrogen-bond donors (Lipinski definition) is 0. The van der Waals surface area contributed by atoms with Crippen molar-refractivity contribution in [2.24, 2.45) is 10.9 Å². The fourth-order valence-corrected chi connectivity index (χ4v) is 3.29. The molecule has 0 radical (unpaired) electrons. The Kier molecular flexibility index (Phi) is 14.1. The summed E-state index contributed by atoms with van der Waals surface area (Å²) in [6, 6.07) is 0. The summed E-state index contributed by atoms with van der Waals surface area (Å²) < 4.78 is 63.9. The Labute approximate surface area is 188 Å². The quantitative estimate of drug-likeness (QED) is 0.279. The molecule has 8 nitrogen and oxygen atoms in total. The average Bonchev–Trinajstić information content (AvgIpc) is 2.34. The first kappa shape index (κ1) is 27.3. The third-order valence-corrected chi connectivity index (χ3v) is 4.85. The Morgan fingerprint density at radius 1 is 1.08 bits per heavy atom. The van der Waals surface area contributed by atoms with Gasteiger partial charge in [-0.25, -0.2) is 16.8 Å². The van der Waals surface area contributed by atoms with Crippen LogP contribution in [-0.2, 0) is 20.2 Å². The van der Waals surface area contributed by atoms with Gasteiger partial charge in [0.1, 0.15) is 0 Å². The zero-order valence-corrected chi connectivity index (χ0v) is 20.0. The second kappa shape index (κ2) is 12.4. The predicted octanol–water partition coefficient (Wildman–Crippen LogP) is -5.88. The summed E-state index contributed by atoms with van der Waals surface area (Å²) in [6.45, 7) is 0.653. The van der Waals surface area contributed by atoms with Crippen LogP contribution in [0.2, 0.25) is 0 Å². The number of allylic oxidation sites excluding steroid dienone is 1. The zero-order valence-electron chi connectivity index (χ0n) is 14.3. The molecular weight excluding hydrogens is 378 g/mol. The summed E-state index contributed by atoms with van der Waals surface area (Å²) in [5.41, 5.74) is 0.709. The van der Waals surface area contributed by atoms with Crippen molar-refractivity contribution in [1.82, 2.24) is 4.90 Å². The van der Waals surface area contributed by atoms with E-state index >= 15 is 0 Å². The van der Waals surface area contributed by atoms with Gasteiger partial charge in [-0.05, 0) is 25.7 Å². The molecule has 0 aliphatic carbocycles. The molecule has 128 valence electrons. The summed E-state index contributed by atoms with van der Waals surface area (Å²) in [5, 5.41) is 0. The first-order valence-corrected chi connectivity index (χ1v) is 10.0. The first-order valence-electron chi connectivity index (χ1n) is 6.88. The normalized spacial score (nSPS) is 14.8. The molecule has 1 aliphatic heterocycles. The van der Waals surface area contributed by atoms with Crippen LogP contribution in [0.4, 0.5) is 0 Å². The molecule has 0 saturated heterocycles. The summed E-state index contributed by atoms with van der Waals surface area (Å²) in [6.07, 6.45) is 4.67. The van der Waals surface area contributed by atoms with Gasteiger partial charge in [0, 0.05) is 36.9 Å². The number of hydrogen-bond acceptors (Lipinski definition) is 8. The maximum Gasteiger partial charge on any atom is 1.00 e. The van der Waals surface area contributed by atoms with Gasteiger partial charge in [-0.1, -0.05) is 0 Å². The van der Waals surface area contributed by atoms with E-state index in [0.29, 0.717) is 25.1 Å². The molecule has 0 unspecified atom stereocenters. The van der Waals surface area contributed by atoms with Gasteiger partial charge >= 0.3 is 59.1 Å². The van der Waals surface area contributed by atoms with E-state index in [0.717, 1.165) is 0 Å². The van der Waals surface area contributed by atoms with E-state index in [1.165, 1.54) is 0 Å². The van der Waals surface area contributed by atoms with E-state index in [1.54, 1.807) is 6.21 Å². The van der Waals surface area contributed by atoms with Crippen LogP contribution in [0.1, 0.15) is 25.7 Å². The minimum atomic E-state index is -4.27. The molecule has 1 heterocycles. The Morgan fingerprint density at radius 3 is 1.92 bits per heavy atom. The molecule has 0 bridgehead atoms. The van der Waals surface area contributed by atoms with Crippen molar-refractivity contribution in [3.8, 4) is 0 Å². The van der Waals surface area contributed by atoms with Crippen LogP contribution in [0.5, 0.6) is 0 Å². The van der Waals surface area contributed by atoms with Crippen LogP contribution in [0, 0.1) is 5.92 Å². The smallest absolute Gasteiger partial charge is 0.748 e. The molecule has 0 N–H and O–H groups in total. The fraction of sp³-hybridized carbons (Fsp3) is 0.750. The van der Waals surface area contributed by atoms with E-state index < -0.39 is 31.7 Å². The van der Waals surface area contributed by atoms with Crippen LogP contribution in [0.15, 0.2) is 16.9 Å². The molecule has 24 heavy (non-hydrogen) atoms. The van der Waals surface area contributed by atoms with Crippen LogP contribution in [0.3, 0.4) is 0 Å². The third-order valence-electron chi connectivity index (χ3n) is 3.27. The van der Waals surface area contributed by atoms with Gasteiger partial charge in [0.2, 0.25) is 0 Å². The monoisotopic (exact) mass is 398 g/mol. The van der Waals surface area contributed by atoms with E-state index in [1.807, 2.05) is 18.1 Å². The Balaban J connectivity index is 0. The summed E-state index contributed by atoms with van der Waals surface area (Å²) in [5.74, 6) is -1.10. The number of nitrogens with zero attached hydrogens (tertiary/aromatic N) is 2. The molecular formula is C12H20N2Na2O6S2.